The first-order chi connectivity index (χ1) is 10.1. The number of hydrogen-bond acceptors (Lipinski definition) is 5. The molecule has 110 valence electrons. The summed E-state index contributed by atoms with van der Waals surface area (Å²) in [6.45, 7) is -0.00657. The van der Waals surface area contributed by atoms with Crippen molar-refractivity contribution in [2.24, 2.45) is 0 Å². The smallest absolute Gasteiger partial charge is 0.325 e. The zero-order valence-electron chi connectivity index (χ0n) is 11.3. The summed E-state index contributed by atoms with van der Waals surface area (Å²) in [5.74, 6) is -0.728. The molecule has 0 bridgehead atoms. The first-order valence-electron chi connectivity index (χ1n) is 6.11. The van der Waals surface area contributed by atoms with Crippen molar-refractivity contribution in [3.8, 4) is 5.75 Å². The molecule has 0 atom stereocenters. The predicted molar refractivity (Wildman–Crippen MR) is 71.8 cm³/mol. The van der Waals surface area contributed by atoms with E-state index in [4.69, 9.17) is 9.84 Å². The fraction of sp³-hybridized carbons (Fsp3) is 0.231. The summed E-state index contributed by atoms with van der Waals surface area (Å²) in [5.41, 5.74) is 0.979. The quantitative estimate of drug-likeness (QED) is 0.792. The maximum absolute atomic E-state index is 11.8. The van der Waals surface area contributed by atoms with E-state index in [1.54, 1.807) is 19.2 Å². The molecule has 0 saturated heterocycles. The molecule has 1 amide bonds. The third-order valence-corrected chi connectivity index (χ3v) is 2.68. The van der Waals surface area contributed by atoms with Gasteiger partial charge < -0.3 is 15.2 Å². The van der Waals surface area contributed by atoms with Gasteiger partial charge in [-0.15, -0.1) is 5.10 Å². The molecule has 1 heterocycles. The maximum Gasteiger partial charge on any atom is 0.325 e. The molecule has 0 radical (unpaired) electrons. The molecular weight excluding hydrogens is 276 g/mol. The minimum absolute atomic E-state index is 0.0739. The molecule has 2 rings (SSSR count). The van der Waals surface area contributed by atoms with E-state index in [-0.39, 0.29) is 12.2 Å². The summed E-state index contributed by atoms with van der Waals surface area (Å²) >= 11 is 0. The SMILES string of the molecule is COc1ccc(CNC(=O)c2cn(CC(=O)O)nn2)cc1. The van der Waals surface area contributed by atoms with Gasteiger partial charge in [-0.2, -0.15) is 0 Å². The fourth-order valence-electron chi connectivity index (χ4n) is 1.63. The number of aliphatic carboxylic acids is 1. The Balaban J connectivity index is 1.91. The zero-order chi connectivity index (χ0) is 15.2. The first-order valence-corrected chi connectivity index (χ1v) is 6.11. The number of nitrogens with one attached hydrogen (secondary N) is 1. The number of benzene rings is 1. The number of rotatable bonds is 6. The number of carboxylic acid groups (broad SMARTS) is 1. The molecule has 0 spiro atoms. The van der Waals surface area contributed by atoms with E-state index in [2.05, 4.69) is 15.6 Å². The lowest BCUT2D eigenvalue weighted by atomic mass is 10.2. The van der Waals surface area contributed by atoms with Crippen LogP contribution in [0.2, 0.25) is 0 Å². The van der Waals surface area contributed by atoms with E-state index in [9.17, 15) is 9.59 Å². The number of carbonyl (C=O) groups is 2. The molecule has 0 aliphatic rings. The number of nitrogens with zero attached hydrogens (tertiary/aromatic N) is 3. The minimum Gasteiger partial charge on any atom is -0.497 e. The van der Waals surface area contributed by atoms with E-state index < -0.39 is 11.9 Å². The van der Waals surface area contributed by atoms with Crippen LogP contribution in [0.15, 0.2) is 30.5 Å². The number of aromatic nitrogens is 3. The van der Waals surface area contributed by atoms with Crippen molar-refractivity contribution in [3.05, 3.63) is 41.7 Å². The Morgan fingerprint density at radius 3 is 2.67 bits per heavy atom. The van der Waals surface area contributed by atoms with Crippen LogP contribution >= 0.6 is 0 Å². The lowest BCUT2D eigenvalue weighted by molar-refractivity contribution is -0.137. The molecule has 0 fully saturated rings. The van der Waals surface area contributed by atoms with Crippen LogP contribution in [0, 0.1) is 0 Å². The molecule has 21 heavy (non-hydrogen) atoms. The van der Waals surface area contributed by atoms with Gasteiger partial charge in [0, 0.05) is 6.54 Å². The summed E-state index contributed by atoms with van der Waals surface area (Å²) < 4.78 is 6.13. The van der Waals surface area contributed by atoms with Gasteiger partial charge in [0.15, 0.2) is 5.69 Å². The van der Waals surface area contributed by atoms with Crippen molar-refractivity contribution in [1.82, 2.24) is 20.3 Å². The van der Waals surface area contributed by atoms with Crippen LogP contribution in [0.4, 0.5) is 0 Å². The van der Waals surface area contributed by atoms with Crippen LogP contribution < -0.4 is 10.1 Å². The highest BCUT2D eigenvalue weighted by Crippen LogP contribution is 2.11. The number of carboxylic acids is 1. The van der Waals surface area contributed by atoms with Crippen molar-refractivity contribution in [3.63, 3.8) is 0 Å². The number of hydrogen-bond donors (Lipinski definition) is 2. The number of ether oxygens (including phenoxy) is 1. The average Bonchev–Trinajstić information content (AvgIpc) is 2.93. The van der Waals surface area contributed by atoms with Crippen molar-refractivity contribution in [1.29, 1.82) is 0 Å². The molecule has 0 saturated carbocycles. The summed E-state index contributed by atoms with van der Waals surface area (Å²) in [7, 11) is 1.58. The van der Waals surface area contributed by atoms with Crippen LogP contribution in [0.1, 0.15) is 16.1 Å². The predicted octanol–water partition coefficient (Wildman–Crippen LogP) is 0.301. The Bertz CT molecular complexity index is 636. The van der Waals surface area contributed by atoms with Gasteiger partial charge in [-0.1, -0.05) is 17.3 Å². The highest BCUT2D eigenvalue weighted by atomic mass is 16.5. The largest absolute Gasteiger partial charge is 0.497 e. The first kappa shape index (κ1) is 14.5. The molecule has 1 aromatic heterocycles. The molecule has 1 aromatic carbocycles. The molecular formula is C13H14N4O4. The zero-order valence-corrected chi connectivity index (χ0v) is 11.3. The van der Waals surface area contributed by atoms with Gasteiger partial charge in [-0.3, -0.25) is 9.59 Å². The lowest BCUT2D eigenvalue weighted by Crippen LogP contribution is -2.23. The summed E-state index contributed by atoms with van der Waals surface area (Å²) in [4.78, 5) is 22.4. The Kier molecular flexibility index (Phi) is 4.50. The van der Waals surface area contributed by atoms with E-state index >= 15 is 0 Å². The van der Waals surface area contributed by atoms with Gasteiger partial charge in [-0.05, 0) is 17.7 Å². The molecule has 0 aliphatic heterocycles. The lowest BCUT2D eigenvalue weighted by Gasteiger charge is -2.04. The highest BCUT2D eigenvalue weighted by Gasteiger charge is 2.11. The van der Waals surface area contributed by atoms with Gasteiger partial charge in [0.25, 0.3) is 5.91 Å². The van der Waals surface area contributed by atoms with Crippen molar-refractivity contribution in [2.75, 3.05) is 7.11 Å². The monoisotopic (exact) mass is 290 g/mol. The molecule has 2 aromatic rings. The third-order valence-electron chi connectivity index (χ3n) is 2.68. The number of amides is 1. The van der Waals surface area contributed by atoms with Crippen LogP contribution in [-0.2, 0) is 17.9 Å². The number of carbonyl (C=O) groups excluding carboxylic acids is 1. The Labute approximate surface area is 120 Å². The van der Waals surface area contributed by atoms with E-state index in [0.29, 0.717) is 6.54 Å². The van der Waals surface area contributed by atoms with Crippen LogP contribution in [0.25, 0.3) is 0 Å². The van der Waals surface area contributed by atoms with Crippen molar-refractivity contribution in [2.45, 2.75) is 13.1 Å². The molecule has 8 nitrogen and oxygen atoms in total. The van der Waals surface area contributed by atoms with Gasteiger partial charge in [0.1, 0.15) is 12.3 Å². The molecule has 8 heteroatoms. The van der Waals surface area contributed by atoms with E-state index in [1.807, 2.05) is 12.1 Å². The maximum atomic E-state index is 11.8. The third kappa shape index (κ3) is 4.03. The Hall–Kier alpha value is -2.90. The number of methoxy groups -OCH3 is 1. The standard InChI is InChI=1S/C13H14N4O4/c1-21-10-4-2-9(3-5-10)6-14-13(20)11-7-17(16-15-11)8-12(18)19/h2-5,7H,6,8H2,1H3,(H,14,20)(H,18,19). The van der Waals surface area contributed by atoms with Gasteiger partial charge in [0.05, 0.1) is 13.3 Å². The fourth-order valence-corrected chi connectivity index (χ4v) is 1.63. The second-order valence-corrected chi connectivity index (χ2v) is 4.23. The molecule has 2 N–H and O–H groups in total. The minimum atomic E-state index is -1.05. The van der Waals surface area contributed by atoms with Crippen LogP contribution in [0.3, 0.4) is 0 Å². The van der Waals surface area contributed by atoms with Gasteiger partial charge in [0.2, 0.25) is 0 Å². The molecule has 0 aliphatic carbocycles. The second kappa shape index (κ2) is 6.51. The van der Waals surface area contributed by atoms with E-state index in [1.165, 1.54) is 6.20 Å². The van der Waals surface area contributed by atoms with Gasteiger partial charge in [-0.25, -0.2) is 4.68 Å². The highest BCUT2D eigenvalue weighted by molar-refractivity contribution is 5.91. The topological polar surface area (TPSA) is 106 Å². The Morgan fingerprint density at radius 1 is 1.33 bits per heavy atom. The summed E-state index contributed by atoms with van der Waals surface area (Å²) in [6.07, 6.45) is 1.29. The van der Waals surface area contributed by atoms with Gasteiger partial charge >= 0.3 is 5.97 Å². The summed E-state index contributed by atoms with van der Waals surface area (Å²) in [5, 5.41) is 18.5. The Morgan fingerprint density at radius 2 is 2.05 bits per heavy atom. The van der Waals surface area contributed by atoms with Crippen molar-refractivity contribution >= 4 is 11.9 Å². The average molecular weight is 290 g/mol. The second-order valence-electron chi connectivity index (χ2n) is 4.23. The van der Waals surface area contributed by atoms with E-state index in [0.717, 1.165) is 16.0 Å². The molecule has 0 unspecified atom stereocenters. The van der Waals surface area contributed by atoms with Crippen LogP contribution in [-0.4, -0.2) is 39.1 Å². The van der Waals surface area contributed by atoms with Crippen LogP contribution in [0.5, 0.6) is 5.75 Å². The summed E-state index contributed by atoms with van der Waals surface area (Å²) in [6, 6.07) is 7.26. The van der Waals surface area contributed by atoms with Crippen molar-refractivity contribution < 1.29 is 19.4 Å². The normalized spacial score (nSPS) is 10.1.